The van der Waals surface area contributed by atoms with E-state index in [1.54, 1.807) is 12.3 Å². The van der Waals surface area contributed by atoms with Gasteiger partial charge in [0, 0.05) is 9.86 Å². The summed E-state index contributed by atoms with van der Waals surface area (Å²) in [5.74, 6) is -0.186. The third-order valence-electron chi connectivity index (χ3n) is 2.16. The molecule has 2 rings (SSSR count). The van der Waals surface area contributed by atoms with Crippen molar-refractivity contribution in [3.05, 3.63) is 34.2 Å². The number of hydrogen-bond acceptors (Lipinski definition) is 2. The molecule has 1 aromatic carbocycles. The van der Waals surface area contributed by atoms with Crippen molar-refractivity contribution in [2.24, 2.45) is 0 Å². The Hall–Kier alpha value is -1.03. The molecule has 0 bridgehead atoms. The van der Waals surface area contributed by atoms with Crippen LogP contribution in [-0.4, -0.2) is 10.2 Å². The Balaban J connectivity index is 2.91. The van der Waals surface area contributed by atoms with Gasteiger partial charge in [-0.3, -0.25) is 0 Å². The highest BCUT2D eigenvalue weighted by molar-refractivity contribution is 9.10. The molecule has 0 aliphatic heterocycles. The minimum atomic E-state index is -0.186. The fourth-order valence-corrected chi connectivity index (χ4v) is 2.05. The number of nitrogens with zero attached hydrogens (tertiary/aromatic N) is 2. The molecule has 14 heavy (non-hydrogen) atoms. The van der Waals surface area contributed by atoms with Gasteiger partial charge in [-0.15, -0.1) is 0 Å². The maximum absolute atomic E-state index is 13.4. The summed E-state index contributed by atoms with van der Waals surface area (Å²) in [6.07, 6.45) is 2.23. The topological polar surface area (TPSA) is 25.8 Å². The highest BCUT2D eigenvalue weighted by atomic mass is 79.9. The van der Waals surface area contributed by atoms with Gasteiger partial charge in [0.25, 0.3) is 0 Å². The largest absolute Gasteiger partial charge is 0.207 e. The zero-order valence-electron chi connectivity index (χ0n) is 7.59. The van der Waals surface area contributed by atoms with Crippen molar-refractivity contribution in [2.45, 2.75) is 13.3 Å². The summed E-state index contributed by atoms with van der Waals surface area (Å²) < 4.78 is 14.2. The van der Waals surface area contributed by atoms with Gasteiger partial charge >= 0.3 is 0 Å². The molecule has 2 nitrogen and oxygen atoms in total. The highest BCUT2D eigenvalue weighted by Gasteiger charge is 2.09. The number of aromatic nitrogens is 2. The number of hydrogen-bond donors (Lipinski definition) is 0. The van der Waals surface area contributed by atoms with Crippen molar-refractivity contribution in [1.82, 2.24) is 10.2 Å². The first-order chi connectivity index (χ1) is 6.74. The van der Waals surface area contributed by atoms with Crippen molar-refractivity contribution in [2.75, 3.05) is 0 Å². The van der Waals surface area contributed by atoms with E-state index in [0.717, 1.165) is 15.4 Å². The van der Waals surface area contributed by atoms with Crippen LogP contribution in [0.4, 0.5) is 4.39 Å². The van der Waals surface area contributed by atoms with Crippen molar-refractivity contribution >= 4 is 26.8 Å². The van der Waals surface area contributed by atoms with E-state index >= 15 is 0 Å². The Morgan fingerprint density at radius 2 is 2.21 bits per heavy atom. The third-order valence-corrected chi connectivity index (χ3v) is 2.76. The molecule has 0 N–H and O–H groups in total. The van der Waals surface area contributed by atoms with Crippen LogP contribution in [0.2, 0.25) is 0 Å². The Morgan fingerprint density at radius 3 is 2.93 bits per heavy atom. The molecule has 0 aliphatic carbocycles. The van der Waals surface area contributed by atoms with E-state index in [-0.39, 0.29) is 5.82 Å². The molecular weight excluding hydrogens is 247 g/mol. The van der Waals surface area contributed by atoms with E-state index in [1.807, 2.05) is 6.92 Å². The summed E-state index contributed by atoms with van der Waals surface area (Å²) in [4.78, 5) is 0. The first kappa shape index (κ1) is 9.52. The molecule has 0 amide bonds. The van der Waals surface area contributed by atoms with Gasteiger partial charge in [0.15, 0.2) is 0 Å². The minimum absolute atomic E-state index is 0.186. The minimum Gasteiger partial charge on any atom is -0.207 e. The van der Waals surface area contributed by atoms with Crippen LogP contribution in [-0.2, 0) is 6.42 Å². The van der Waals surface area contributed by atoms with E-state index in [4.69, 9.17) is 0 Å². The van der Waals surface area contributed by atoms with Crippen molar-refractivity contribution in [3.63, 3.8) is 0 Å². The standard InChI is InChI=1S/C10H8BrFN2/c1-2-6-8(12)3-4-9-10(6)7(11)5-13-14-9/h3-5H,2H2,1H3. The lowest BCUT2D eigenvalue weighted by molar-refractivity contribution is 0.614. The summed E-state index contributed by atoms with van der Waals surface area (Å²) in [7, 11) is 0. The van der Waals surface area contributed by atoms with Crippen molar-refractivity contribution in [1.29, 1.82) is 0 Å². The average Bonchev–Trinajstić information content (AvgIpc) is 2.19. The number of rotatable bonds is 1. The van der Waals surface area contributed by atoms with E-state index in [2.05, 4.69) is 26.1 Å². The normalized spacial score (nSPS) is 10.8. The second-order valence-corrected chi connectivity index (χ2v) is 3.82. The summed E-state index contributed by atoms with van der Waals surface area (Å²) >= 11 is 3.35. The van der Waals surface area contributed by atoms with Crippen LogP contribution in [0, 0.1) is 5.82 Å². The Morgan fingerprint density at radius 1 is 1.43 bits per heavy atom. The molecule has 1 aromatic heterocycles. The smallest absolute Gasteiger partial charge is 0.127 e. The summed E-state index contributed by atoms with van der Waals surface area (Å²) in [6.45, 7) is 1.92. The Kier molecular flexibility index (Phi) is 2.46. The van der Waals surface area contributed by atoms with Crippen LogP contribution in [0.1, 0.15) is 12.5 Å². The summed E-state index contributed by atoms with van der Waals surface area (Å²) in [5.41, 5.74) is 1.40. The second kappa shape index (κ2) is 3.61. The third kappa shape index (κ3) is 1.39. The number of fused-ring (bicyclic) bond motifs is 1. The molecule has 2 aromatic rings. The molecule has 0 atom stereocenters. The lowest BCUT2D eigenvalue weighted by Gasteiger charge is -2.05. The predicted molar refractivity (Wildman–Crippen MR) is 56.6 cm³/mol. The zero-order valence-corrected chi connectivity index (χ0v) is 9.18. The predicted octanol–water partition coefficient (Wildman–Crippen LogP) is 3.09. The zero-order chi connectivity index (χ0) is 10.1. The van der Waals surface area contributed by atoms with E-state index in [1.165, 1.54) is 6.07 Å². The molecular formula is C10H8BrFN2. The van der Waals surface area contributed by atoms with E-state index < -0.39 is 0 Å². The fourth-order valence-electron chi connectivity index (χ4n) is 1.51. The SMILES string of the molecule is CCc1c(F)ccc2nncc(Br)c12. The first-order valence-electron chi connectivity index (χ1n) is 4.32. The van der Waals surface area contributed by atoms with Gasteiger partial charge in [-0.1, -0.05) is 6.92 Å². The molecule has 0 saturated carbocycles. The van der Waals surface area contributed by atoms with Crippen LogP contribution in [0.25, 0.3) is 10.9 Å². The van der Waals surface area contributed by atoms with E-state index in [0.29, 0.717) is 12.0 Å². The lowest BCUT2D eigenvalue weighted by atomic mass is 10.1. The van der Waals surface area contributed by atoms with Gasteiger partial charge < -0.3 is 0 Å². The van der Waals surface area contributed by atoms with Gasteiger partial charge in [0.2, 0.25) is 0 Å². The maximum Gasteiger partial charge on any atom is 0.127 e. The molecule has 0 radical (unpaired) electrons. The molecule has 0 fully saturated rings. The number of halogens is 2. The van der Waals surface area contributed by atoms with Crippen LogP contribution in [0.5, 0.6) is 0 Å². The Bertz CT molecular complexity index is 485. The van der Waals surface area contributed by atoms with Crippen LogP contribution in [0.3, 0.4) is 0 Å². The number of benzene rings is 1. The Labute approximate surface area is 89.3 Å². The average molecular weight is 255 g/mol. The van der Waals surface area contributed by atoms with Crippen LogP contribution in [0.15, 0.2) is 22.8 Å². The second-order valence-electron chi connectivity index (χ2n) is 2.97. The molecule has 72 valence electrons. The van der Waals surface area contributed by atoms with Gasteiger partial charge in [-0.2, -0.15) is 10.2 Å². The molecule has 0 unspecified atom stereocenters. The van der Waals surface area contributed by atoms with Gasteiger partial charge in [-0.05, 0) is 40.0 Å². The molecule has 4 heteroatoms. The van der Waals surface area contributed by atoms with Gasteiger partial charge in [0.1, 0.15) is 5.82 Å². The number of aryl methyl sites for hydroxylation is 1. The molecule has 0 spiro atoms. The van der Waals surface area contributed by atoms with E-state index in [9.17, 15) is 4.39 Å². The van der Waals surface area contributed by atoms with Crippen LogP contribution >= 0.6 is 15.9 Å². The fraction of sp³-hybridized carbons (Fsp3) is 0.200. The maximum atomic E-state index is 13.4. The first-order valence-corrected chi connectivity index (χ1v) is 5.11. The summed E-state index contributed by atoms with van der Waals surface area (Å²) in [6, 6.07) is 3.07. The monoisotopic (exact) mass is 254 g/mol. The van der Waals surface area contributed by atoms with Crippen molar-refractivity contribution in [3.8, 4) is 0 Å². The highest BCUT2D eigenvalue weighted by Crippen LogP contribution is 2.26. The van der Waals surface area contributed by atoms with Crippen LogP contribution < -0.4 is 0 Å². The summed E-state index contributed by atoms with van der Waals surface area (Å²) in [5, 5.41) is 8.57. The van der Waals surface area contributed by atoms with Crippen molar-refractivity contribution < 1.29 is 4.39 Å². The molecule has 0 aliphatic rings. The van der Waals surface area contributed by atoms with Gasteiger partial charge in [-0.25, -0.2) is 4.39 Å². The quantitative estimate of drug-likeness (QED) is 0.782. The van der Waals surface area contributed by atoms with Gasteiger partial charge in [0.05, 0.1) is 11.7 Å². The molecule has 0 saturated heterocycles. The lowest BCUT2D eigenvalue weighted by Crippen LogP contribution is -1.93. The molecule has 1 heterocycles.